The molecule has 0 spiro atoms. The molecular formula is C13H17ClN2O2. The van der Waals surface area contributed by atoms with E-state index in [4.69, 9.17) is 11.6 Å². The molecule has 0 atom stereocenters. The molecule has 0 aliphatic carbocycles. The summed E-state index contributed by atoms with van der Waals surface area (Å²) in [5.74, 6) is -0.554. The number of carbonyl (C=O) groups is 2. The van der Waals surface area contributed by atoms with E-state index in [1.165, 1.54) is 0 Å². The minimum atomic E-state index is -0.289. The molecule has 1 aromatic rings. The van der Waals surface area contributed by atoms with Crippen molar-refractivity contribution in [1.29, 1.82) is 0 Å². The van der Waals surface area contributed by atoms with E-state index in [9.17, 15) is 9.59 Å². The second kappa shape index (κ2) is 7.01. The zero-order chi connectivity index (χ0) is 13.5. The third kappa shape index (κ3) is 5.68. The van der Waals surface area contributed by atoms with Gasteiger partial charge in [-0.2, -0.15) is 0 Å². The number of benzene rings is 1. The normalized spacial score (nSPS) is 10.2. The van der Waals surface area contributed by atoms with E-state index in [0.29, 0.717) is 11.6 Å². The molecule has 5 heteroatoms. The highest BCUT2D eigenvalue weighted by molar-refractivity contribution is 6.30. The summed E-state index contributed by atoms with van der Waals surface area (Å²) in [6.07, 6.45) is -0.147. The molecule has 0 unspecified atom stereocenters. The van der Waals surface area contributed by atoms with Crippen molar-refractivity contribution >= 4 is 23.4 Å². The van der Waals surface area contributed by atoms with Crippen molar-refractivity contribution in [1.82, 2.24) is 10.6 Å². The Morgan fingerprint density at radius 3 is 2.33 bits per heavy atom. The maximum Gasteiger partial charge on any atom is 0.229 e. The van der Waals surface area contributed by atoms with Crippen LogP contribution in [0.1, 0.15) is 25.8 Å². The van der Waals surface area contributed by atoms with Crippen LogP contribution in [0.15, 0.2) is 24.3 Å². The maximum absolute atomic E-state index is 11.5. The highest BCUT2D eigenvalue weighted by Gasteiger charge is 2.09. The van der Waals surface area contributed by atoms with Crippen molar-refractivity contribution < 1.29 is 9.59 Å². The minimum absolute atomic E-state index is 0.0431. The lowest BCUT2D eigenvalue weighted by molar-refractivity contribution is -0.129. The standard InChI is InChI=1S/C13H17ClN2O2/c1-9(2)16-13(18)7-12(17)15-8-10-3-5-11(14)6-4-10/h3-6,9H,7-8H2,1-2H3,(H,15,17)(H,16,18). The van der Waals surface area contributed by atoms with Gasteiger partial charge in [-0.15, -0.1) is 0 Å². The molecule has 1 rings (SSSR count). The highest BCUT2D eigenvalue weighted by Crippen LogP contribution is 2.09. The number of carbonyl (C=O) groups excluding carboxylic acids is 2. The van der Waals surface area contributed by atoms with Gasteiger partial charge in [-0.3, -0.25) is 9.59 Å². The molecule has 0 aromatic heterocycles. The van der Waals surface area contributed by atoms with Crippen LogP contribution in [0.4, 0.5) is 0 Å². The van der Waals surface area contributed by atoms with Crippen LogP contribution in [0.5, 0.6) is 0 Å². The summed E-state index contributed by atoms with van der Waals surface area (Å²) < 4.78 is 0. The van der Waals surface area contributed by atoms with Crippen molar-refractivity contribution in [3.63, 3.8) is 0 Å². The summed E-state index contributed by atoms with van der Waals surface area (Å²) in [5.41, 5.74) is 0.942. The van der Waals surface area contributed by atoms with Gasteiger partial charge in [0.2, 0.25) is 11.8 Å². The first kappa shape index (κ1) is 14.5. The largest absolute Gasteiger partial charge is 0.353 e. The first-order valence-corrected chi connectivity index (χ1v) is 6.15. The molecule has 0 bridgehead atoms. The van der Waals surface area contributed by atoms with Gasteiger partial charge in [-0.05, 0) is 31.5 Å². The summed E-state index contributed by atoms with van der Waals surface area (Å²) in [7, 11) is 0. The smallest absolute Gasteiger partial charge is 0.229 e. The molecule has 2 N–H and O–H groups in total. The molecule has 1 aromatic carbocycles. The molecule has 0 heterocycles. The summed E-state index contributed by atoms with van der Waals surface area (Å²) in [6.45, 7) is 4.10. The molecule has 0 fully saturated rings. The van der Waals surface area contributed by atoms with Crippen LogP contribution >= 0.6 is 11.6 Å². The number of halogens is 1. The van der Waals surface area contributed by atoms with E-state index in [2.05, 4.69) is 10.6 Å². The van der Waals surface area contributed by atoms with Gasteiger partial charge in [0, 0.05) is 17.6 Å². The fourth-order valence-corrected chi connectivity index (χ4v) is 1.51. The van der Waals surface area contributed by atoms with Crippen LogP contribution in [0.2, 0.25) is 5.02 Å². The summed E-state index contributed by atoms with van der Waals surface area (Å²) in [6, 6.07) is 7.22. The van der Waals surface area contributed by atoms with E-state index in [1.54, 1.807) is 12.1 Å². The van der Waals surface area contributed by atoms with E-state index >= 15 is 0 Å². The Hall–Kier alpha value is -1.55. The lowest BCUT2D eigenvalue weighted by Gasteiger charge is -2.08. The molecule has 18 heavy (non-hydrogen) atoms. The number of nitrogens with one attached hydrogen (secondary N) is 2. The number of rotatable bonds is 5. The van der Waals surface area contributed by atoms with Gasteiger partial charge in [0.15, 0.2) is 0 Å². The number of amides is 2. The quantitative estimate of drug-likeness (QED) is 0.801. The van der Waals surface area contributed by atoms with Crippen LogP contribution in [-0.4, -0.2) is 17.9 Å². The Morgan fingerprint density at radius 2 is 1.78 bits per heavy atom. The van der Waals surface area contributed by atoms with Gasteiger partial charge < -0.3 is 10.6 Å². The maximum atomic E-state index is 11.5. The van der Waals surface area contributed by atoms with Crippen LogP contribution in [0.3, 0.4) is 0 Å². The van der Waals surface area contributed by atoms with Gasteiger partial charge >= 0.3 is 0 Å². The number of hydrogen-bond acceptors (Lipinski definition) is 2. The van der Waals surface area contributed by atoms with Gasteiger partial charge in [-0.25, -0.2) is 0 Å². The topological polar surface area (TPSA) is 58.2 Å². The van der Waals surface area contributed by atoms with Crippen LogP contribution < -0.4 is 10.6 Å². The molecular weight excluding hydrogens is 252 g/mol. The zero-order valence-corrected chi connectivity index (χ0v) is 11.3. The Morgan fingerprint density at radius 1 is 1.17 bits per heavy atom. The van der Waals surface area contributed by atoms with Gasteiger partial charge in [-0.1, -0.05) is 23.7 Å². The molecule has 0 aliphatic heterocycles. The van der Waals surface area contributed by atoms with Crippen molar-refractivity contribution in [2.45, 2.75) is 32.9 Å². The van der Waals surface area contributed by atoms with Crippen LogP contribution in [0.25, 0.3) is 0 Å². The first-order chi connectivity index (χ1) is 8.47. The minimum Gasteiger partial charge on any atom is -0.353 e. The molecule has 4 nitrogen and oxygen atoms in total. The molecule has 0 radical (unpaired) electrons. The van der Waals surface area contributed by atoms with Gasteiger partial charge in [0.1, 0.15) is 6.42 Å². The third-order valence-electron chi connectivity index (χ3n) is 2.17. The fraction of sp³-hybridized carbons (Fsp3) is 0.385. The van der Waals surface area contributed by atoms with Crippen molar-refractivity contribution in [2.24, 2.45) is 0 Å². The van der Waals surface area contributed by atoms with Crippen molar-refractivity contribution in [3.8, 4) is 0 Å². The highest BCUT2D eigenvalue weighted by atomic mass is 35.5. The van der Waals surface area contributed by atoms with E-state index in [1.807, 2.05) is 26.0 Å². The second-order valence-corrected chi connectivity index (χ2v) is 4.74. The fourth-order valence-electron chi connectivity index (χ4n) is 1.38. The SMILES string of the molecule is CC(C)NC(=O)CC(=O)NCc1ccc(Cl)cc1. The Balaban J connectivity index is 2.33. The molecule has 0 aliphatic rings. The Labute approximate surface area is 112 Å². The first-order valence-electron chi connectivity index (χ1n) is 5.78. The zero-order valence-electron chi connectivity index (χ0n) is 10.5. The molecule has 0 saturated carbocycles. The lowest BCUT2D eigenvalue weighted by Crippen LogP contribution is -2.35. The summed E-state index contributed by atoms with van der Waals surface area (Å²) in [5, 5.41) is 6.00. The predicted octanol–water partition coefficient (Wildman–Crippen LogP) is 1.87. The molecule has 0 saturated heterocycles. The van der Waals surface area contributed by atoms with Crippen molar-refractivity contribution in [3.05, 3.63) is 34.9 Å². The lowest BCUT2D eigenvalue weighted by atomic mass is 10.2. The van der Waals surface area contributed by atoms with Gasteiger partial charge in [0.05, 0.1) is 0 Å². The van der Waals surface area contributed by atoms with E-state index in [-0.39, 0.29) is 24.3 Å². The van der Waals surface area contributed by atoms with Crippen molar-refractivity contribution in [2.75, 3.05) is 0 Å². The Kier molecular flexibility index (Phi) is 5.65. The average molecular weight is 269 g/mol. The molecule has 2 amide bonds. The monoisotopic (exact) mass is 268 g/mol. The van der Waals surface area contributed by atoms with E-state index < -0.39 is 0 Å². The summed E-state index contributed by atoms with van der Waals surface area (Å²) in [4.78, 5) is 22.8. The van der Waals surface area contributed by atoms with Gasteiger partial charge in [0.25, 0.3) is 0 Å². The second-order valence-electron chi connectivity index (χ2n) is 4.30. The average Bonchev–Trinajstić information content (AvgIpc) is 2.27. The van der Waals surface area contributed by atoms with Crippen LogP contribution in [0, 0.1) is 0 Å². The predicted molar refractivity (Wildman–Crippen MR) is 71.2 cm³/mol. The Bertz CT molecular complexity index is 416. The summed E-state index contributed by atoms with van der Waals surface area (Å²) >= 11 is 5.75. The van der Waals surface area contributed by atoms with E-state index in [0.717, 1.165) is 5.56 Å². The third-order valence-corrected chi connectivity index (χ3v) is 2.43. The molecule has 98 valence electrons. The van der Waals surface area contributed by atoms with Crippen LogP contribution in [-0.2, 0) is 16.1 Å². The number of hydrogen-bond donors (Lipinski definition) is 2.